The second kappa shape index (κ2) is 6.85. The Hall–Kier alpha value is -0.830. The van der Waals surface area contributed by atoms with Gasteiger partial charge in [-0.1, -0.05) is 13.8 Å². The zero-order valence-corrected chi connectivity index (χ0v) is 8.37. The van der Waals surface area contributed by atoms with E-state index in [1.807, 2.05) is 30.8 Å². The fraction of sp³-hybridized carbons (Fsp3) is 0.667. The number of methoxy groups -OCH3 is 1. The minimum atomic E-state index is 0.604. The van der Waals surface area contributed by atoms with Gasteiger partial charge in [0, 0.05) is 19.9 Å². The summed E-state index contributed by atoms with van der Waals surface area (Å²) in [7, 11) is 1.67. The highest BCUT2D eigenvalue weighted by molar-refractivity contribution is 4.96. The molecule has 1 aromatic rings. The topological polar surface area (TPSA) is 27.1 Å². The van der Waals surface area contributed by atoms with E-state index in [9.17, 15) is 0 Å². The molecular formula is C9H18N2O. The molecule has 0 spiro atoms. The third kappa shape index (κ3) is 3.53. The zero-order valence-electron chi connectivity index (χ0n) is 8.37. The van der Waals surface area contributed by atoms with E-state index in [0.717, 1.165) is 12.2 Å². The molecule has 3 heteroatoms. The molecule has 0 N–H and O–H groups in total. The van der Waals surface area contributed by atoms with Gasteiger partial charge in [0.15, 0.2) is 0 Å². The summed E-state index contributed by atoms with van der Waals surface area (Å²) >= 11 is 0. The van der Waals surface area contributed by atoms with Crippen LogP contribution in [0.2, 0.25) is 0 Å². The van der Waals surface area contributed by atoms with Crippen molar-refractivity contribution in [3.63, 3.8) is 0 Å². The summed E-state index contributed by atoms with van der Waals surface area (Å²) in [5.41, 5.74) is 0.990. The van der Waals surface area contributed by atoms with Gasteiger partial charge in [0.1, 0.15) is 0 Å². The van der Waals surface area contributed by atoms with Gasteiger partial charge in [-0.2, -0.15) is 5.10 Å². The van der Waals surface area contributed by atoms with Crippen LogP contribution in [0.4, 0.5) is 0 Å². The summed E-state index contributed by atoms with van der Waals surface area (Å²) < 4.78 is 6.79. The lowest BCUT2D eigenvalue weighted by molar-refractivity contribution is 0.180. The van der Waals surface area contributed by atoms with E-state index in [1.54, 1.807) is 7.11 Å². The van der Waals surface area contributed by atoms with Crippen LogP contribution in [0.15, 0.2) is 12.3 Å². The molecule has 1 aromatic heterocycles. The van der Waals surface area contributed by atoms with Crippen molar-refractivity contribution < 1.29 is 4.74 Å². The van der Waals surface area contributed by atoms with Crippen molar-refractivity contribution in [3.05, 3.63) is 18.0 Å². The van der Waals surface area contributed by atoms with Crippen molar-refractivity contribution >= 4 is 0 Å². The molecule has 0 saturated heterocycles. The van der Waals surface area contributed by atoms with E-state index in [-0.39, 0.29) is 0 Å². The first-order valence-electron chi connectivity index (χ1n) is 4.38. The molecule has 0 aliphatic rings. The van der Waals surface area contributed by atoms with Crippen molar-refractivity contribution in [1.82, 2.24) is 9.78 Å². The van der Waals surface area contributed by atoms with Gasteiger partial charge in [-0.15, -0.1) is 0 Å². The summed E-state index contributed by atoms with van der Waals surface area (Å²) in [6.07, 6.45) is 1.95. The number of aryl methyl sites for hydroxylation is 1. The maximum atomic E-state index is 4.91. The van der Waals surface area contributed by atoms with E-state index < -0.39 is 0 Å². The van der Waals surface area contributed by atoms with Gasteiger partial charge in [-0.05, 0) is 13.0 Å². The molecule has 0 aliphatic carbocycles. The monoisotopic (exact) mass is 170 g/mol. The Bertz CT molecular complexity index is 196. The number of nitrogens with zero attached hydrogens (tertiary/aromatic N) is 2. The molecule has 1 heterocycles. The van der Waals surface area contributed by atoms with Crippen LogP contribution in [0.3, 0.4) is 0 Å². The molecule has 0 fully saturated rings. The van der Waals surface area contributed by atoms with Gasteiger partial charge in [-0.25, -0.2) is 0 Å². The summed E-state index contributed by atoms with van der Waals surface area (Å²) in [4.78, 5) is 0. The fourth-order valence-electron chi connectivity index (χ4n) is 0.805. The van der Waals surface area contributed by atoms with Crippen molar-refractivity contribution in [2.45, 2.75) is 33.9 Å². The lowest BCUT2D eigenvalue weighted by Gasteiger charge is -1.93. The second-order valence-electron chi connectivity index (χ2n) is 2.10. The maximum absolute atomic E-state index is 4.91. The van der Waals surface area contributed by atoms with Gasteiger partial charge >= 0.3 is 0 Å². The Morgan fingerprint density at radius 2 is 2.17 bits per heavy atom. The minimum Gasteiger partial charge on any atom is -0.378 e. The Morgan fingerprint density at radius 1 is 1.50 bits per heavy atom. The first-order valence-corrected chi connectivity index (χ1v) is 4.38. The molecule has 0 aliphatic heterocycles. The van der Waals surface area contributed by atoms with Crippen LogP contribution in [0, 0.1) is 0 Å². The highest BCUT2D eigenvalue weighted by Gasteiger charge is 1.94. The smallest absolute Gasteiger partial charge is 0.0902 e. The highest BCUT2D eigenvalue weighted by Crippen LogP contribution is 1.96. The summed E-state index contributed by atoms with van der Waals surface area (Å²) in [6, 6.07) is 1.97. The molecule has 12 heavy (non-hydrogen) atoms. The number of aromatic nitrogens is 2. The van der Waals surface area contributed by atoms with Crippen LogP contribution in [-0.4, -0.2) is 16.9 Å². The number of rotatable bonds is 3. The van der Waals surface area contributed by atoms with Gasteiger partial charge in [0.25, 0.3) is 0 Å². The van der Waals surface area contributed by atoms with Crippen LogP contribution in [0.5, 0.6) is 0 Å². The van der Waals surface area contributed by atoms with Crippen LogP contribution >= 0.6 is 0 Å². The third-order valence-corrected chi connectivity index (χ3v) is 1.31. The van der Waals surface area contributed by atoms with Crippen molar-refractivity contribution in [1.29, 1.82) is 0 Å². The lowest BCUT2D eigenvalue weighted by Crippen LogP contribution is -1.96. The molecular weight excluding hydrogens is 152 g/mol. The van der Waals surface area contributed by atoms with E-state index in [4.69, 9.17) is 4.74 Å². The number of ether oxygens (including phenoxy) is 1. The van der Waals surface area contributed by atoms with E-state index >= 15 is 0 Å². The summed E-state index contributed by atoms with van der Waals surface area (Å²) in [5, 5.41) is 4.21. The molecule has 3 nitrogen and oxygen atoms in total. The molecule has 1 rings (SSSR count). The Labute approximate surface area is 74.3 Å². The molecule has 0 radical (unpaired) electrons. The van der Waals surface area contributed by atoms with Gasteiger partial charge in [0.2, 0.25) is 0 Å². The highest BCUT2D eigenvalue weighted by atomic mass is 16.5. The van der Waals surface area contributed by atoms with Crippen LogP contribution < -0.4 is 0 Å². The standard InChI is InChI=1S/C7H12N2O.C2H6/c1-3-9-5-4-7(8-9)6-10-2;1-2/h4-5H,3,6H2,1-2H3;1-2H3. The molecule has 0 bridgehead atoms. The lowest BCUT2D eigenvalue weighted by atomic mass is 10.5. The van der Waals surface area contributed by atoms with Crippen LogP contribution in [0.1, 0.15) is 26.5 Å². The largest absolute Gasteiger partial charge is 0.378 e. The fourth-order valence-corrected chi connectivity index (χ4v) is 0.805. The quantitative estimate of drug-likeness (QED) is 0.694. The molecule has 0 amide bonds. The SMILES string of the molecule is CC.CCn1ccc(COC)n1. The van der Waals surface area contributed by atoms with Gasteiger partial charge in [-0.3, -0.25) is 4.68 Å². The normalized spacial score (nSPS) is 9.00. The van der Waals surface area contributed by atoms with Crippen molar-refractivity contribution in [2.75, 3.05) is 7.11 Å². The first kappa shape index (κ1) is 11.2. The van der Waals surface area contributed by atoms with E-state index in [0.29, 0.717) is 6.61 Å². The second-order valence-corrected chi connectivity index (χ2v) is 2.10. The maximum Gasteiger partial charge on any atom is 0.0902 e. The third-order valence-electron chi connectivity index (χ3n) is 1.31. The van der Waals surface area contributed by atoms with E-state index in [1.165, 1.54) is 0 Å². The summed E-state index contributed by atoms with van der Waals surface area (Å²) in [5.74, 6) is 0. The Kier molecular flexibility index (Phi) is 6.38. The van der Waals surface area contributed by atoms with Crippen LogP contribution in [-0.2, 0) is 17.9 Å². The van der Waals surface area contributed by atoms with Gasteiger partial charge in [0.05, 0.1) is 12.3 Å². The van der Waals surface area contributed by atoms with Crippen LogP contribution in [0.25, 0.3) is 0 Å². The first-order chi connectivity index (χ1) is 5.86. The van der Waals surface area contributed by atoms with Crippen molar-refractivity contribution in [2.24, 2.45) is 0 Å². The average Bonchev–Trinajstić information content (AvgIpc) is 2.57. The molecule has 0 aromatic carbocycles. The van der Waals surface area contributed by atoms with E-state index in [2.05, 4.69) is 12.0 Å². The van der Waals surface area contributed by atoms with Gasteiger partial charge < -0.3 is 4.74 Å². The van der Waals surface area contributed by atoms with Crippen molar-refractivity contribution in [3.8, 4) is 0 Å². The Balaban J connectivity index is 0.000000561. The Morgan fingerprint density at radius 3 is 2.58 bits per heavy atom. The number of hydrogen-bond donors (Lipinski definition) is 0. The molecule has 0 unspecified atom stereocenters. The molecule has 70 valence electrons. The predicted molar refractivity (Wildman–Crippen MR) is 50.0 cm³/mol. The number of hydrogen-bond acceptors (Lipinski definition) is 2. The molecule has 0 saturated carbocycles. The average molecular weight is 170 g/mol. The predicted octanol–water partition coefficient (Wildman–Crippen LogP) is 2.08. The molecule has 0 atom stereocenters. The minimum absolute atomic E-state index is 0.604. The zero-order chi connectivity index (χ0) is 9.40. The summed E-state index contributed by atoms with van der Waals surface area (Å²) in [6.45, 7) is 7.58.